The maximum Gasteiger partial charge on any atom is 0.405 e. The fourth-order valence-electron chi connectivity index (χ4n) is 4.64. The van der Waals surface area contributed by atoms with Crippen molar-refractivity contribution in [3.63, 3.8) is 0 Å². The van der Waals surface area contributed by atoms with Gasteiger partial charge in [0, 0.05) is 17.6 Å². The van der Waals surface area contributed by atoms with Crippen molar-refractivity contribution in [2.24, 2.45) is 5.92 Å². The van der Waals surface area contributed by atoms with Crippen LogP contribution < -0.4 is 20.3 Å². The number of carbonyl (C=O) groups is 4. The summed E-state index contributed by atoms with van der Waals surface area (Å²) in [5.74, 6) is -13.2. The first-order valence-electron chi connectivity index (χ1n) is 14.5. The number of hydrogen-bond donors (Lipinski definition) is 2. The van der Waals surface area contributed by atoms with Crippen LogP contribution in [0.15, 0.2) is 60.8 Å². The third kappa shape index (κ3) is 10.2. The monoisotopic (exact) mass is 733 g/mol. The van der Waals surface area contributed by atoms with Crippen LogP contribution in [0, 0.1) is 5.92 Å². The van der Waals surface area contributed by atoms with Gasteiger partial charge in [0.15, 0.2) is 0 Å². The highest BCUT2D eigenvalue weighted by Crippen LogP contribution is 2.36. The lowest BCUT2D eigenvalue weighted by Gasteiger charge is -2.32. The summed E-state index contributed by atoms with van der Waals surface area (Å²) in [6.45, 7) is 0.389. The minimum Gasteiger partial charge on any atom is -0.591 e. The smallest absolute Gasteiger partial charge is 0.405 e. The molecule has 0 saturated heterocycles. The van der Waals surface area contributed by atoms with Gasteiger partial charge in [-0.05, 0) is 47.7 Å². The molecule has 10 nitrogen and oxygen atoms in total. The molecule has 264 valence electrons. The Morgan fingerprint density at radius 3 is 2.18 bits per heavy atom. The summed E-state index contributed by atoms with van der Waals surface area (Å²) in [4.78, 5) is 58.2. The molecule has 2 aromatic carbocycles. The molecule has 0 bridgehead atoms. The van der Waals surface area contributed by atoms with Crippen LogP contribution in [-0.4, -0.2) is 65.4 Å². The van der Waals surface area contributed by atoms with Gasteiger partial charge in [0.2, 0.25) is 23.4 Å². The number of aromatic nitrogens is 1. The highest BCUT2D eigenvalue weighted by molar-refractivity contribution is 6.31. The fourth-order valence-corrected chi connectivity index (χ4v) is 5.01. The minimum absolute atomic E-state index is 0.0297. The number of amides is 3. The fraction of sp³-hybridized carbons (Fsp3) is 0.344. The number of rotatable bonds is 14. The van der Waals surface area contributed by atoms with Crippen LogP contribution in [0.1, 0.15) is 37.4 Å². The van der Waals surface area contributed by atoms with E-state index in [0.29, 0.717) is 16.3 Å². The summed E-state index contributed by atoms with van der Waals surface area (Å²) >= 11 is 12.1. The summed E-state index contributed by atoms with van der Waals surface area (Å²) in [5, 5.41) is 12.1. The molecule has 0 fully saturated rings. The molecule has 0 saturated carbocycles. The van der Waals surface area contributed by atoms with Crippen molar-refractivity contribution in [2.75, 3.05) is 18.6 Å². The lowest BCUT2D eigenvalue weighted by molar-refractivity contribution is -0.165. The van der Waals surface area contributed by atoms with Crippen LogP contribution in [0.4, 0.5) is 27.8 Å². The molecule has 0 aliphatic rings. The summed E-state index contributed by atoms with van der Waals surface area (Å²) in [7, 11) is 1.37. The number of aryl methyl sites for hydroxylation is 1. The number of Topliss-reactive ketones (excluding diaryl/α,β-unsaturated/α-hetero) is 1. The number of methoxy groups -OCH3 is 1. The molecule has 0 aliphatic heterocycles. The maximum absolute atomic E-state index is 15.0. The van der Waals surface area contributed by atoms with Crippen LogP contribution in [0.3, 0.4) is 0 Å². The number of alkyl halides is 5. The van der Waals surface area contributed by atoms with E-state index in [-0.39, 0.29) is 35.0 Å². The molecule has 3 amide bonds. The number of ether oxygens (including phenoxy) is 1. The highest BCUT2D eigenvalue weighted by atomic mass is 35.5. The normalized spacial score (nSPS) is 13.0. The van der Waals surface area contributed by atoms with E-state index in [1.807, 2.05) is 0 Å². The zero-order valence-electron chi connectivity index (χ0n) is 26.2. The van der Waals surface area contributed by atoms with Crippen LogP contribution in [-0.2, 0) is 25.6 Å². The van der Waals surface area contributed by atoms with Gasteiger partial charge in [0.25, 0.3) is 11.7 Å². The van der Waals surface area contributed by atoms with Crippen LogP contribution in [0.25, 0.3) is 0 Å². The van der Waals surface area contributed by atoms with Crippen LogP contribution >= 0.6 is 23.2 Å². The first kappa shape index (κ1) is 38.9. The molecule has 3 aromatic rings. The van der Waals surface area contributed by atoms with E-state index in [4.69, 9.17) is 33.0 Å². The molecular weight excluding hydrogens is 702 g/mol. The minimum atomic E-state index is -5.04. The predicted molar refractivity (Wildman–Crippen MR) is 171 cm³/mol. The van der Waals surface area contributed by atoms with E-state index in [9.17, 15) is 41.1 Å². The van der Waals surface area contributed by atoms with Gasteiger partial charge in [-0.3, -0.25) is 24.1 Å². The molecule has 0 spiro atoms. The van der Waals surface area contributed by atoms with Crippen molar-refractivity contribution in [1.29, 1.82) is 0 Å². The number of ketones is 1. The molecule has 4 N–H and O–H groups in total. The molecular formula is C32H32Cl2F5N4O6+. The highest BCUT2D eigenvalue weighted by Gasteiger charge is 2.52. The third-order valence-electron chi connectivity index (χ3n) is 7.08. The van der Waals surface area contributed by atoms with Gasteiger partial charge < -0.3 is 20.5 Å². The van der Waals surface area contributed by atoms with Gasteiger partial charge in [-0.15, -0.1) is 0 Å². The van der Waals surface area contributed by atoms with E-state index >= 15 is 0 Å². The average Bonchev–Trinajstić information content (AvgIpc) is 3.03. The van der Waals surface area contributed by atoms with Crippen molar-refractivity contribution >= 4 is 52.5 Å². The molecule has 0 aliphatic carbocycles. The van der Waals surface area contributed by atoms with Crippen LogP contribution in [0.2, 0.25) is 10.0 Å². The van der Waals surface area contributed by atoms with Gasteiger partial charge >= 0.3 is 12.1 Å². The Bertz CT molecular complexity index is 1670. The van der Waals surface area contributed by atoms with Crippen molar-refractivity contribution < 1.29 is 51.0 Å². The number of halogens is 7. The zero-order valence-corrected chi connectivity index (χ0v) is 27.7. The summed E-state index contributed by atoms with van der Waals surface area (Å²) < 4.78 is 72.9. The Morgan fingerprint density at radius 2 is 1.63 bits per heavy atom. The molecule has 17 heteroatoms. The second kappa shape index (κ2) is 16.3. The van der Waals surface area contributed by atoms with Gasteiger partial charge in [-0.1, -0.05) is 61.3 Å². The first-order chi connectivity index (χ1) is 22.8. The lowest BCUT2D eigenvalue weighted by atomic mass is 9.94. The Balaban J connectivity index is 2.10. The number of pyridine rings is 1. The Hall–Kier alpha value is -4.50. The van der Waals surface area contributed by atoms with Crippen molar-refractivity contribution in [3.05, 3.63) is 82.0 Å². The average molecular weight is 735 g/mol. The van der Waals surface area contributed by atoms with E-state index in [1.54, 1.807) is 24.3 Å². The Morgan fingerprint density at radius 1 is 0.980 bits per heavy atom. The topological polar surface area (TPSA) is 141 Å². The predicted octanol–water partition coefficient (Wildman–Crippen LogP) is 5.57. The molecule has 49 heavy (non-hydrogen) atoms. The summed E-state index contributed by atoms with van der Waals surface area (Å²) in [6, 6.07) is 9.51. The van der Waals surface area contributed by atoms with Crippen molar-refractivity contribution in [1.82, 2.24) is 15.6 Å². The second-order valence-electron chi connectivity index (χ2n) is 11.1. The molecule has 1 aromatic heterocycles. The van der Waals surface area contributed by atoms with Crippen molar-refractivity contribution in [3.8, 4) is 11.5 Å². The van der Waals surface area contributed by atoms with Crippen molar-refractivity contribution in [2.45, 2.75) is 50.9 Å². The van der Waals surface area contributed by atoms with Gasteiger partial charge in [0.1, 0.15) is 18.3 Å². The lowest BCUT2D eigenvalue weighted by Crippen LogP contribution is -2.58. The third-order valence-corrected chi connectivity index (χ3v) is 7.52. The maximum atomic E-state index is 15.0. The van der Waals surface area contributed by atoms with Gasteiger partial charge in [0.05, 0.1) is 24.2 Å². The molecule has 0 unspecified atom stereocenters. The second-order valence-corrected chi connectivity index (χ2v) is 11.9. The number of anilines is 1. The number of hydrogen-bond acceptors (Lipinski definition) is 6. The van der Waals surface area contributed by atoms with Gasteiger partial charge in [-0.25, -0.2) is 4.98 Å². The van der Waals surface area contributed by atoms with E-state index in [2.05, 4.69) is 10.3 Å². The standard InChI is InChI=1S/C32H31Cl2F5N4O6/c1-17(2)25(27(46)32(38,39)30(48)41-16-31(35,36)37)42-29(47)26(19-8-10-22(49-3)11-9-19)43(28-23(44)14-21(34)15-40-28)24(45)12-7-18-5-4-6-20(33)13-18/h4-6,8-11,13-15,17,25-26,44H,7,12,16H2,1-3H3,(H,41,48)(H,42,47)/p+1/t25-,26-/m0/s1. The molecule has 2 atom stereocenters. The Kier molecular flexibility index (Phi) is 12.9. The zero-order chi connectivity index (χ0) is 36.7. The summed E-state index contributed by atoms with van der Waals surface area (Å²) in [6.07, 6.45) is -4.08. The van der Waals surface area contributed by atoms with E-state index in [0.717, 1.165) is 22.5 Å². The quantitative estimate of drug-likeness (QED) is 0.126. The summed E-state index contributed by atoms with van der Waals surface area (Å²) in [5.41, 5.74) is 0.716. The Labute approximate surface area is 287 Å². The number of nitrogens with zero attached hydrogens (tertiary/aromatic N) is 2. The molecule has 1 heterocycles. The molecule has 0 radical (unpaired) electrons. The molecule has 3 rings (SSSR count). The van der Waals surface area contributed by atoms with Crippen LogP contribution in [0.5, 0.6) is 11.5 Å². The number of carbonyl (C=O) groups excluding carboxylic acids is 4. The number of benzene rings is 2. The number of nitrogens with one attached hydrogen (secondary N) is 2. The largest absolute Gasteiger partial charge is 0.591 e. The van der Waals surface area contributed by atoms with Gasteiger partial charge in [-0.2, -0.15) is 22.0 Å². The first-order valence-corrected chi connectivity index (χ1v) is 15.3. The SMILES string of the molecule is COc1ccc([C@@H](C(=O)N[C@H](C(=O)C(F)(F)C(=O)NCC(F)(F)F)C(C)C)N(C(=O)CCc2cccc(Cl)c2)c2ncc(Cl)cc2[OH2+])cc1. The van der Waals surface area contributed by atoms with E-state index < -0.39 is 60.1 Å². The van der Waals surface area contributed by atoms with E-state index in [1.165, 1.54) is 45.2 Å².